The fraction of sp³-hybridized carbons (Fsp3) is 0. The van der Waals surface area contributed by atoms with Crippen molar-refractivity contribution in [2.45, 2.75) is 0 Å². The first-order chi connectivity index (χ1) is 13.7. The molecule has 0 radical (unpaired) electrons. The third-order valence-corrected chi connectivity index (χ3v) is 4.79. The van der Waals surface area contributed by atoms with E-state index in [0.29, 0.717) is 38.7 Å². The lowest BCUT2D eigenvalue weighted by atomic mass is 10.1. The van der Waals surface area contributed by atoms with Crippen molar-refractivity contribution in [3.63, 3.8) is 0 Å². The summed E-state index contributed by atoms with van der Waals surface area (Å²) >= 11 is 0. The van der Waals surface area contributed by atoms with Crippen molar-refractivity contribution < 1.29 is 4.79 Å². The Balaban J connectivity index is 1.81. The van der Waals surface area contributed by atoms with Gasteiger partial charge >= 0.3 is 0 Å². The lowest BCUT2D eigenvalue weighted by Crippen LogP contribution is -2.19. The molecule has 1 N–H and O–H groups in total. The molecule has 28 heavy (non-hydrogen) atoms. The number of carbonyl (C=O) groups excluding carboxylic acids is 1. The van der Waals surface area contributed by atoms with E-state index in [2.05, 4.69) is 10.3 Å². The molecule has 0 saturated carbocycles. The molecular weight excluding hydrogens is 350 g/mol. The zero-order chi connectivity index (χ0) is 19.1. The van der Waals surface area contributed by atoms with Crippen LogP contribution < -0.4 is 10.9 Å². The standard InChI is InChI=1S/C23H15N3O2/c27-22(24-15-8-2-1-3-9-15)18-14-21-25-19-12-6-4-11-17(19)23(28)26(21)20-13-7-5-10-16(18)20/h1-14H,(H,24,27). The van der Waals surface area contributed by atoms with Crippen molar-refractivity contribution in [1.29, 1.82) is 0 Å². The molecule has 3 aromatic carbocycles. The van der Waals surface area contributed by atoms with Gasteiger partial charge in [-0.3, -0.25) is 14.0 Å². The van der Waals surface area contributed by atoms with Crippen molar-refractivity contribution in [1.82, 2.24) is 9.38 Å². The fourth-order valence-corrected chi connectivity index (χ4v) is 3.49. The van der Waals surface area contributed by atoms with Crippen molar-refractivity contribution in [3.8, 4) is 0 Å². The number of pyridine rings is 1. The fourth-order valence-electron chi connectivity index (χ4n) is 3.49. The third kappa shape index (κ3) is 2.53. The number of benzene rings is 3. The van der Waals surface area contributed by atoms with Gasteiger partial charge in [0.05, 0.1) is 22.0 Å². The normalized spacial score (nSPS) is 11.1. The molecule has 5 heteroatoms. The Morgan fingerprint density at radius 3 is 2.32 bits per heavy atom. The van der Waals surface area contributed by atoms with Crippen LogP contribution in [0.3, 0.4) is 0 Å². The minimum Gasteiger partial charge on any atom is -0.322 e. The number of nitrogens with one attached hydrogen (secondary N) is 1. The van der Waals surface area contributed by atoms with Crippen molar-refractivity contribution in [3.05, 3.63) is 101 Å². The van der Waals surface area contributed by atoms with Crippen LogP contribution in [0.25, 0.3) is 27.5 Å². The van der Waals surface area contributed by atoms with Gasteiger partial charge in [0.2, 0.25) is 0 Å². The molecule has 134 valence electrons. The van der Waals surface area contributed by atoms with Crippen LogP contribution in [-0.2, 0) is 0 Å². The Bertz CT molecular complexity index is 1420. The van der Waals surface area contributed by atoms with E-state index in [1.165, 1.54) is 0 Å². The van der Waals surface area contributed by atoms with Crippen LogP contribution in [-0.4, -0.2) is 15.3 Å². The van der Waals surface area contributed by atoms with Crippen LogP contribution >= 0.6 is 0 Å². The summed E-state index contributed by atoms with van der Waals surface area (Å²) in [5, 5.41) is 4.16. The summed E-state index contributed by atoms with van der Waals surface area (Å²) in [5.41, 5.74) is 2.74. The largest absolute Gasteiger partial charge is 0.322 e. The number of rotatable bonds is 2. The van der Waals surface area contributed by atoms with Gasteiger partial charge in [0, 0.05) is 11.1 Å². The van der Waals surface area contributed by atoms with E-state index >= 15 is 0 Å². The van der Waals surface area contributed by atoms with Crippen LogP contribution in [0, 0.1) is 0 Å². The number of para-hydroxylation sites is 3. The minimum atomic E-state index is -0.243. The molecule has 0 aliphatic rings. The van der Waals surface area contributed by atoms with Crippen molar-refractivity contribution >= 4 is 39.0 Å². The predicted molar refractivity (Wildman–Crippen MR) is 111 cm³/mol. The van der Waals surface area contributed by atoms with E-state index in [0.717, 1.165) is 0 Å². The second-order valence-corrected chi connectivity index (χ2v) is 6.52. The second-order valence-electron chi connectivity index (χ2n) is 6.52. The van der Waals surface area contributed by atoms with Gasteiger partial charge in [-0.2, -0.15) is 0 Å². The van der Waals surface area contributed by atoms with Gasteiger partial charge in [-0.25, -0.2) is 4.98 Å². The highest BCUT2D eigenvalue weighted by molar-refractivity contribution is 6.13. The number of aromatic nitrogens is 2. The molecule has 0 atom stereocenters. The summed E-state index contributed by atoms with van der Waals surface area (Å²) in [6, 6.07) is 25.6. The van der Waals surface area contributed by atoms with E-state index in [1.807, 2.05) is 66.7 Å². The Kier molecular flexibility index (Phi) is 3.66. The summed E-state index contributed by atoms with van der Waals surface area (Å²) in [6.45, 7) is 0. The van der Waals surface area contributed by atoms with Gasteiger partial charge in [0.15, 0.2) is 0 Å². The summed E-state index contributed by atoms with van der Waals surface area (Å²) in [4.78, 5) is 30.7. The second kappa shape index (κ2) is 6.32. The molecule has 0 spiro atoms. The molecule has 0 fully saturated rings. The maximum Gasteiger partial charge on any atom is 0.266 e. The van der Waals surface area contributed by atoms with Crippen LogP contribution in [0.4, 0.5) is 5.69 Å². The first kappa shape index (κ1) is 16.2. The molecule has 5 rings (SSSR count). The molecule has 0 bridgehead atoms. The number of nitrogens with zero attached hydrogens (tertiary/aromatic N) is 2. The van der Waals surface area contributed by atoms with Crippen molar-refractivity contribution in [2.24, 2.45) is 0 Å². The van der Waals surface area contributed by atoms with Crippen LogP contribution in [0.2, 0.25) is 0 Å². The summed E-state index contributed by atoms with van der Waals surface area (Å²) in [6.07, 6.45) is 0. The first-order valence-electron chi connectivity index (χ1n) is 8.92. The molecule has 0 aliphatic heterocycles. The molecule has 1 amide bonds. The molecule has 0 saturated heterocycles. The Morgan fingerprint density at radius 2 is 1.50 bits per heavy atom. The predicted octanol–water partition coefficient (Wildman–Crippen LogP) is 4.25. The quantitative estimate of drug-likeness (QED) is 0.376. The smallest absolute Gasteiger partial charge is 0.266 e. The van der Waals surface area contributed by atoms with Gasteiger partial charge < -0.3 is 5.32 Å². The Morgan fingerprint density at radius 1 is 0.821 bits per heavy atom. The molecule has 5 aromatic rings. The van der Waals surface area contributed by atoms with Crippen LogP contribution in [0.15, 0.2) is 89.7 Å². The van der Waals surface area contributed by atoms with Gasteiger partial charge in [0.1, 0.15) is 5.65 Å². The zero-order valence-corrected chi connectivity index (χ0v) is 14.8. The molecule has 2 aromatic heterocycles. The third-order valence-electron chi connectivity index (χ3n) is 4.79. The highest BCUT2D eigenvalue weighted by Gasteiger charge is 2.16. The average molecular weight is 365 g/mol. The molecule has 0 aliphatic carbocycles. The van der Waals surface area contributed by atoms with E-state index in [1.54, 1.807) is 22.6 Å². The van der Waals surface area contributed by atoms with E-state index in [9.17, 15) is 9.59 Å². The average Bonchev–Trinajstić information content (AvgIpc) is 2.74. The minimum absolute atomic E-state index is 0.146. The number of amides is 1. The Hall–Kier alpha value is -3.99. The van der Waals surface area contributed by atoms with Crippen LogP contribution in [0.5, 0.6) is 0 Å². The first-order valence-corrected chi connectivity index (χ1v) is 8.92. The lowest BCUT2D eigenvalue weighted by Gasteiger charge is -2.12. The van der Waals surface area contributed by atoms with Crippen LogP contribution in [0.1, 0.15) is 10.4 Å². The number of carbonyl (C=O) groups is 1. The van der Waals surface area contributed by atoms with Gasteiger partial charge in [-0.05, 0) is 36.4 Å². The molecule has 0 unspecified atom stereocenters. The summed E-state index contributed by atoms with van der Waals surface area (Å²) in [7, 11) is 0. The number of fused-ring (bicyclic) bond motifs is 4. The summed E-state index contributed by atoms with van der Waals surface area (Å²) in [5.74, 6) is -0.243. The number of hydrogen-bond donors (Lipinski definition) is 1. The SMILES string of the molecule is O=C(Nc1ccccc1)c1cc2nc3ccccc3c(=O)n2c2ccccc12. The lowest BCUT2D eigenvalue weighted by molar-refractivity contribution is 0.102. The highest BCUT2D eigenvalue weighted by Crippen LogP contribution is 2.22. The van der Waals surface area contributed by atoms with Gasteiger partial charge in [-0.15, -0.1) is 0 Å². The van der Waals surface area contributed by atoms with Gasteiger partial charge in [-0.1, -0.05) is 48.5 Å². The van der Waals surface area contributed by atoms with Crippen molar-refractivity contribution in [2.75, 3.05) is 5.32 Å². The molecular formula is C23H15N3O2. The van der Waals surface area contributed by atoms with E-state index < -0.39 is 0 Å². The summed E-state index contributed by atoms with van der Waals surface area (Å²) < 4.78 is 1.57. The monoisotopic (exact) mass is 365 g/mol. The zero-order valence-electron chi connectivity index (χ0n) is 14.8. The van der Waals surface area contributed by atoms with E-state index in [4.69, 9.17) is 0 Å². The maximum atomic E-state index is 13.1. The number of anilines is 1. The number of hydrogen-bond acceptors (Lipinski definition) is 3. The topological polar surface area (TPSA) is 63.5 Å². The van der Waals surface area contributed by atoms with Gasteiger partial charge in [0.25, 0.3) is 11.5 Å². The molecule has 5 nitrogen and oxygen atoms in total. The molecule has 2 heterocycles. The highest BCUT2D eigenvalue weighted by atomic mass is 16.1. The Labute approximate surface area is 159 Å². The van der Waals surface area contributed by atoms with E-state index in [-0.39, 0.29) is 11.5 Å². The maximum absolute atomic E-state index is 13.1.